The number of hydrogen-bond donors (Lipinski definition) is 0. The third-order valence-electron chi connectivity index (χ3n) is 5.54. The average molecular weight is 560 g/mol. The summed E-state index contributed by atoms with van der Waals surface area (Å²) in [5.41, 5.74) is 8.41. The Balaban J connectivity index is 0.00000205. The van der Waals surface area contributed by atoms with Crippen molar-refractivity contribution in [3.63, 3.8) is 0 Å². The summed E-state index contributed by atoms with van der Waals surface area (Å²) < 4.78 is 16.4. The van der Waals surface area contributed by atoms with Crippen LogP contribution in [0.3, 0.4) is 0 Å². The number of aromatic nitrogens is 2. The molecule has 0 aliphatic carbocycles. The van der Waals surface area contributed by atoms with Gasteiger partial charge in [-0.1, -0.05) is 29.1 Å². The molecule has 29 heavy (non-hydrogen) atoms. The predicted octanol–water partition coefficient (Wildman–Crippen LogP) is 6.48. The molecule has 0 bridgehead atoms. The molecule has 2 heterocycles. The van der Waals surface area contributed by atoms with E-state index in [9.17, 15) is 4.39 Å². The molecule has 147 valence electrons. The second-order valence-corrected chi connectivity index (χ2v) is 7.60. The van der Waals surface area contributed by atoms with E-state index in [-0.39, 0.29) is 25.9 Å². The molecule has 0 aliphatic heterocycles. The maximum Gasteiger partial charge on any atom is 0.125 e. The van der Waals surface area contributed by atoms with E-state index in [0.717, 1.165) is 44.3 Å². The standard InChI is InChI=1S/C25H20FN2.Ir/c1-14-11-15(2)23(16(3)12-14)24-17(4)27-25-21-8-6-5-7-19(21)20-10-9-18(26)13-22(20)28(24)25;/h5-7,9-13H,1-4H3;/q-1;. The molecule has 1 radical (unpaired) electrons. The first kappa shape index (κ1) is 19.8. The SMILES string of the molecule is Cc1cc(C)c(-c2c(C)nc3c4[c-]cccc4c4ccc(F)cc4n23)c(C)c1.[Ir]. The molecular weight excluding hydrogens is 540 g/mol. The van der Waals surface area contributed by atoms with Crippen LogP contribution in [0.1, 0.15) is 22.4 Å². The predicted molar refractivity (Wildman–Crippen MR) is 113 cm³/mol. The topological polar surface area (TPSA) is 17.3 Å². The Labute approximate surface area is 182 Å². The number of fused-ring (bicyclic) bond motifs is 6. The number of aryl methyl sites for hydroxylation is 4. The summed E-state index contributed by atoms with van der Waals surface area (Å²) in [5.74, 6) is -0.247. The van der Waals surface area contributed by atoms with Gasteiger partial charge >= 0.3 is 0 Å². The summed E-state index contributed by atoms with van der Waals surface area (Å²) in [6.45, 7) is 8.40. The first-order chi connectivity index (χ1) is 13.5. The van der Waals surface area contributed by atoms with Gasteiger partial charge < -0.3 is 4.40 Å². The second kappa shape index (κ2) is 7.05. The van der Waals surface area contributed by atoms with Crippen molar-refractivity contribution >= 4 is 27.3 Å². The number of hydrogen-bond acceptors (Lipinski definition) is 1. The third-order valence-corrected chi connectivity index (χ3v) is 5.54. The Kier molecular flexibility index (Phi) is 4.80. The van der Waals surface area contributed by atoms with Crippen molar-refractivity contribution in [3.8, 4) is 11.3 Å². The molecule has 0 amide bonds. The van der Waals surface area contributed by atoms with Gasteiger partial charge in [-0.2, -0.15) is 0 Å². The maximum atomic E-state index is 14.3. The Hall–Kier alpha value is -2.55. The molecule has 0 saturated heterocycles. The van der Waals surface area contributed by atoms with E-state index in [1.54, 1.807) is 6.07 Å². The zero-order chi connectivity index (χ0) is 19.6. The van der Waals surface area contributed by atoms with Crippen LogP contribution >= 0.6 is 0 Å². The number of halogens is 1. The molecule has 5 rings (SSSR count). The molecule has 2 aromatic heterocycles. The van der Waals surface area contributed by atoms with Crippen molar-refractivity contribution in [2.24, 2.45) is 0 Å². The number of rotatable bonds is 1. The maximum absolute atomic E-state index is 14.3. The Morgan fingerprint density at radius 1 is 0.931 bits per heavy atom. The van der Waals surface area contributed by atoms with Gasteiger partial charge in [0.15, 0.2) is 0 Å². The van der Waals surface area contributed by atoms with Gasteiger partial charge in [0.2, 0.25) is 0 Å². The van der Waals surface area contributed by atoms with Crippen molar-refractivity contribution in [1.29, 1.82) is 0 Å². The molecular formula is C25H20FIrN2-. The molecule has 3 aromatic carbocycles. The normalized spacial score (nSPS) is 11.3. The number of pyridine rings is 1. The summed E-state index contributed by atoms with van der Waals surface area (Å²) >= 11 is 0. The Bertz CT molecular complexity index is 1390. The molecule has 0 fully saturated rings. The van der Waals surface area contributed by atoms with Crippen LogP contribution in [0.15, 0.2) is 48.5 Å². The molecule has 0 N–H and O–H groups in total. The van der Waals surface area contributed by atoms with Crippen molar-refractivity contribution in [1.82, 2.24) is 9.38 Å². The zero-order valence-electron chi connectivity index (χ0n) is 16.7. The van der Waals surface area contributed by atoms with Gasteiger partial charge in [-0.3, -0.25) is 4.98 Å². The van der Waals surface area contributed by atoms with Gasteiger partial charge in [-0.05, 0) is 56.3 Å². The summed E-state index contributed by atoms with van der Waals surface area (Å²) in [4.78, 5) is 4.91. The largest absolute Gasteiger partial charge is 0.333 e. The van der Waals surface area contributed by atoms with E-state index in [2.05, 4.69) is 49.4 Å². The van der Waals surface area contributed by atoms with Gasteiger partial charge in [-0.25, -0.2) is 4.39 Å². The van der Waals surface area contributed by atoms with Crippen LogP contribution < -0.4 is 0 Å². The van der Waals surface area contributed by atoms with Gasteiger partial charge in [0.1, 0.15) is 5.82 Å². The van der Waals surface area contributed by atoms with Crippen molar-refractivity contribution in [3.05, 3.63) is 82.8 Å². The molecule has 4 heteroatoms. The van der Waals surface area contributed by atoms with E-state index in [4.69, 9.17) is 4.98 Å². The minimum atomic E-state index is -0.247. The third kappa shape index (κ3) is 2.90. The van der Waals surface area contributed by atoms with E-state index in [1.807, 2.05) is 25.1 Å². The zero-order valence-corrected chi connectivity index (χ0v) is 19.1. The van der Waals surface area contributed by atoms with Gasteiger partial charge in [0.25, 0.3) is 0 Å². The van der Waals surface area contributed by atoms with Crippen LogP contribution in [-0.2, 0) is 20.1 Å². The number of imidazole rings is 1. The average Bonchev–Trinajstić information content (AvgIpc) is 2.98. The summed E-state index contributed by atoms with van der Waals surface area (Å²) in [6, 6.07) is 18.6. The molecule has 0 unspecified atom stereocenters. The van der Waals surface area contributed by atoms with Gasteiger partial charge in [0, 0.05) is 31.2 Å². The minimum absolute atomic E-state index is 0. The van der Waals surface area contributed by atoms with Crippen molar-refractivity contribution in [2.45, 2.75) is 27.7 Å². The van der Waals surface area contributed by atoms with Gasteiger partial charge in [0.05, 0.1) is 17.0 Å². The van der Waals surface area contributed by atoms with E-state index in [0.29, 0.717) is 0 Å². The Morgan fingerprint density at radius 2 is 1.66 bits per heavy atom. The molecule has 2 nitrogen and oxygen atoms in total. The molecule has 0 aliphatic rings. The first-order valence-corrected chi connectivity index (χ1v) is 9.44. The van der Waals surface area contributed by atoms with E-state index < -0.39 is 0 Å². The summed E-state index contributed by atoms with van der Waals surface area (Å²) in [5, 5.41) is 3.00. The fourth-order valence-electron chi connectivity index (χ4n) is 4.54. The quantitative estimate of drug-likeness (QED) is 0.170. The van der Waals surface area contributed by atoms with Crippen LogP contribution in [0.4, 0.5) is 4.39 Å². The van der Waals surface area contributed by atoms with Crippen LogP contribution in [0.5, 0.6) is 0 Å². The molecule has 0 saturated carbocycles. The first-order valence-electron chi connectivity index (χ1n) is 9.44. The second-order valence-electron chi connectivity index (χ2n) is 7.60. The summed E-state index contributed by atoms with van der Waals surface area (Å²) in [7, 11) is 0. The van der Waals surface area contributed by atoms with Crippen LogP contribution in [0, 0.1) is 39.6 Å². The van der Waals surface area contributed by atoms with E-state index in [1.165, 1.54) is 22.8 Å². The van der Waals surface area contributed by atoms with Crippen LogP contribution in [-0.4, -0.2) is 9.38 Å². The fourth-order valence-corrected chi connectivity index (χ4v) is 4.54. The van der Waals surface area contributed by atoms with Crippen LogP contribution in [0.25, 0.3) is 38.6 Å². The molecule has 0 spiro atoms. The van der Waals surface area contributed by atoms with Crippen molar-refractivity contribution in [2.75, 3.05) is 0 Å². The summed E-state index contributed by atoms with van der Waals surface area (Å²) in [6.07, 6.45) is 0. The molecule has 0 atom stereocenters. The van der Waals surface area contributed by atoms with Crippen molar-refractivity contribution < 1.29 is 24.5 Å². The fraction of sp³-hybridized carbons (Fsp3) is 0.160. The van der Waals surface area contributed by atoms with Gasteiger partial charge in [-0.15, -0.1) is 29.7 Å². The minimum Gasteiger partial charge on any atom is -0.333 e. The van der Waals surface area contributed by atoms with E-state index >= 15 is 0 Å². The number of nitrogens with zero attached hydrogens (tertiary/aromatic N) is 2. The molecule has 5 aromatic rings. The monoisotopic (exact) mass is 560 g/mol. The smallest absolute Gasteiger partial charge is 0.125 e. The van der Waals surface area contributed by atoms with Crippen LogP contribution in [0.2, 0.25) is 0 Å². The number of benzene rings is 3. The Morgan fingerprint density at radius 3 is 2.38 bits per heavy atom.